The Morgan fingerprint density at radius 2 is 2.00 bits per heavy atom. The number of hydrogen-bond donors (Lipinski definition) is 1. The van der Waals surface area contributed by atoms with Gasteiger partial charge in [0.05, 0.1) is 0 Å². The molecule has 1 N–H and O–H groups in total. The van der Waals surface area contributed by atoms with E-state index in [1.165, 1.54) is 56.7 Å². The second-order valence-corrected chi connectivity index (χ2v) is 7.79. The van der Waals surface area contributed by atoms with Crippen LogP contribution in [0.2, 0.25) is 0 Å². The van der Waals surface area contributed by atoms with Crippen molar-refractivity contribution in [2.45, 2.75) is 71.0 Å². The zero-order chi connectivity index (χ0) is 13.7. The molecule has 2 fully saturated rings. The lowest BCUT2D eigenvalue weighted by atomic mass is 9.82. The molecule has 1 aliphatic carbocycles. The minimum Gasteiger partial charge on any atom is -0.311 e. The summed E-state index contributed by atoms with van der Waals surface area (Å²) in [5.74, 6) is 3.48. The summed E-state index contributed by atoms with van der Waals surface area (Å²) in [4.78, 5) is 2.76. The summed E-state index contributed by atoms with van der Waals surface area (Å²) in [6.45, 7) is 9.53. The van der Waals surface area contributed by atoms with Gasteiger partial charge in [0.1, 0.15) is 0 Å². The van der Waals surface area contributed by atoms with Crippen LogP contribution in [0.1, 0.15) is 52.9 Å². The molecule has 112 valence electrons. The molecular weight excluding hydrogens is 252 g/mol. The van der Waals surface area contributed by atoms with Crippen molar-refractivity contribution in [2.75, 3.05) is 24.6 Å². The highest BCUT2D eigenvalue weighted by atomic mass is 32.2. The molecule has 1 saturated carbocycles. The molecule has 2 rings (SSSR count). The smallest absolute Gasteiger partial charge is 0.0224 e. The van der Waals surface area contributed by atoms with Crippen LogP contribution in [0.4, 0.5) is 0 Å². The second-order valence-electron chi connectivity index (χ2n) is 6.47. The van der Waals surface area contributed by atoms with Crippen molar-refractivity contribution in [3.8, 4) is 0 Å². The lowest BCUT2D eigenvalue weighted by Gasteiger charge is -2.45. The Kier molecular flexibility index (Phi) is 6.51. The summed E-state index contributed by atoms with van der Waals surface area (Å²) in [6, 6.07) is 2.19. The summed E-state index contributed by atoms with van der Waals surface area (Å²) in [7, 11) is 0. The van der Waals surface area contributed by atoms with Crippen LogP contribution in [-0.4, -0.2) is 47.6 Å². The molecule has 0 radical (unpaired) electrons. The summed E-state index contributed by atoms with van der Waals surface area (Å²) < 4.78 is 0. The van der Waals surface area contributed by atoms with Crippen LogP contribution >= 0.6 is 11.8 Å². The molecule has 0 aromatic heterocycles. The molecule has 3 atom stereocenters. The first-order valence-corrected chi connectivity index (χ1v) is 9.44. The minimum absolute atomic E-state index is 0.701. The van der Waals surface area contributed by atoms with E-state index >= 15 is 0 Å². The molecule has 3 heteroatoms. The van der Waals surface area contributed by atoms with Gasteiger partial charge in [0.15, 0.2) is 0 Å². The highest BCUT2D eigenvalue weighted by Gasteiger charge is 2.32. The van der Waals surface area contributed by atoms with E-state index in [4.69, 9.17) is 0 Å². The number of thioether (sulfide) groups is 1. The summed E-state index contributed by atoms with van der Waals surface area (Å²) in [5, 5.41) is 3.83. The number of nitrogens with one attached hydrogen (secondary N) is 1. The molecule has 1 saturated heterocycles. The van der Waals surface area contributed by atoms with E-state index in [2.05, 4.69) is 42.7 Å². The normalized spacial score (nSPS) is 32.4. The topological polar surface area (TPSA) is 15.3 Å². The van der Waals surface area contributed by atoms with Gasteiger partial charge in [0.2, 0.25) is 0 Å². The van der Waals surface area contributed by atoms with Gasteiger partial charge in [-0.2, -0.15) is 11.8 Å². The van der Waals surface area contributed by atoms with Crippen molar-refractivity contribution in [3.05, 3.63) is 0 Å². The molecule has 19 heavy (non-hydrogen) atoms. The first kappa shape index (κ1) is 15.7. The van der Waals surface area contributed by atoms with Crippen LogP contribution in [0.5, 0.6) is 0 Å². The lowest BCUT2D eigenvalue weighted by molar-refractivity contribution is 0.0801. The fourth-order valence-electron chi connectivity index (χ4n) is 3.76. The Morgan fingerprint density at radius 1 is 1.26 bits per heavy atom. The molecule has 0 amide bonds. The monoisotopic (exact) mass is 284 g/mol. The van der Waals surface area contributed by atoms with Crippen molar-refractivity contribution >= 4 is 11.8 Å². The summed E-state index contributed by atoms with van der Waals surface area (Å²) >= 11 is 2.09. The molecule has 2 aliphatic rings. The van der Waals surface area contributed by atoms with Gasteiger partial charge >= 0.3 is 0 Å². The van der Waals surface area contributed by atoms with Crippen molar-refractivity contribution in [2.24, 2.45) is 5.92 Å². The van der Waals surface area contributed by atoms with E-state index in [1.54, 1.807) is 0 Å². The Morgan fingerprint density at radius 3 is 2.68 bits per heavy atom. The van der Waals surface area contributed by atoms with Gasteiger partial charge in [-0.25, -0.2) is 0 Å². The van der Waals surface area contributed by atoms with Gasteiger partial charge in [-0.3, -0.25) is 4.90 Å². The molecule has 0 aromatic rings. The van der Waals surface area contributed by atoms with E-state index in [1.807, 2.05) is 0 Å². The third-order valence-electron chi connectivity index (χ3n) is 5.00. The van der Waals surface area contributed by atoms with Crippen LogP contribution < -0.4 is 5.32 Å². The van der Waals surface area contributed by atoms with Crippen LogP contribution in [0.3, 0.4) is 0 Å². The Labute approximate surface area is 124 Å². The second kappa shape index (κ2) is 7.90. The zero-order valence-electron chi connectivity index (χ0n) is 13.0. The molecular formula is C16H32N2S. The Balaban J connectivity index is 1.87. The predicted octanol–water partition coefficient (Wildman–Crippen LogP) is 3.37. The Bertz CT molecular complexity index is 253. The summed E-state index contributed by atoms with van der Waals surface area (Å²) in [5.41, 5.74) is 0. The molecule has 1 heterocycles. The molecule has 1 aliphatic heterocycles. The predicted molar refractivity (Wildman–Crippen MR) is 87.0 cm³/mol. The van der Waals surface area contributed by atoms with Gasteiger partial charge in [0.25, 0.3) is 0 Å². The maximum absolute atomic E-state index is 3.83. The molecule has 0 spiro atoms. The zero-order valence-corrected chi connectivity index (χ0v) is 13.8. The van der Waals surface area contributed by atoms with Gasteiger partial charge < -0.3 is 5.32 Å². The van der Waals surface area contributed by atoms with E-state index in [-0.39, 0.29) is 0 Å². The highest BCUT2D eigenvalue weighted by Crippen LogP contribution is 2.29. The average Bonchev–Trinajstić information content (AvgIpc) is 2.46. The first-order chi connectivity index (χ1) is 9.22. The van der Waals surface area contributed by atoms with E-state index < -0.39 is 0 Å². The van der Waals surface area contributed by atoms with Gasteiger partial charge in [-0.15, -0.1) is 0 Å². The third kappa shape index (κ3) is 4.37. The Hall–Kier alpha value is 0.270. The standard InChI is InChI=1S/C16H32N2S/c1-4-19-12-14(3)18-11-16(17-10-13(18)2)15-8-6-5-7-9-15/h13-17H,4-12H2,1-3H3. The van der Waals surface area contributed by atoms with Crippen molar-refractivity contribution < 1.29 is 0 Å². The van der Waals surface area contributed by atoms with E-state index in [0.29, 0.717) is 6.04 Å². The van der Waals surface area contributed by atoms with E-state index in [0.717, 1.165) is 18.0 Å². The largest absolute Gasteiger partial charge is 0.311 e. The quantitative estimate of drug-likeness (QED) is 0.833. The van der Waals surface area contributed by atoms with Crippen LogP contribution in [0, 0.1) is 5.92 Å². The average molecular weight is 285 g/mol. The molecule has 3 unspecified atom stereocenters. The SMILES string of the molecule is CCSCC(C)N1CC(C2CCCCC2)NCC1C. The minimum atomic E-state index is 0.701. The number of rotatable bonds is 5. The lowest BCUT2D eigenvalue weighted by Crippen LogP contribution is -2.60. The maximum atomic E-state index is 3.83. The van der Waals surface area contributed by atoms with Crippen molar-refractivity contribution in [1.29, 1.82) is 0 Å². The highest BCUT2D eigenvalue weighted by molar-refractivity contribution is 7.99. The third-order valence-corrected chi connectivity index (χ3v) is 6.12. The fourth-order valence-corrected chi connectivity index (χ4v) is 4.53. The van der Waals surface area contributed by atoms with Crippen LogP contribution in [-0.2, 0) is 0 Å². The van der Waals surface area contributed by atoms with Crippen molar-refractivity contribution in [3.63, 3.8) is 0 Å². The first-order valence-electron chi connectivity index (χ1n) is 8.29. The van der Waals surface area contributed by atoms with Gasteiger partial charge in [-0.1, -0.05) is 26.2 Å². The van der Waals surface area contributed by atoms with E-state index in [9.17, 15) is 0 Å². The molecule has 0 bridgehead atoms. The number of nitrogens with zero attached hydrogens (tertiary/aromatic N) is 1. The van der Waals surface area contributed by atoms with Gasteiger partial charge in [-0.05, 0) is 38.4 Å². The molecule has 2 nitrogen and oxygen atoms in total. The van der Waals surface area contributed by atoms with Crippen molar-refractivity contribution in [1.82, 2.24) is 10.2 Å². The summed E-state index contributed by atoms with van der Waals surface area (Å²) in [6.07, 6.45) is 7.29. The number of hydrogen-bond acceptors (Lipinski definition) is 3. The van der Waals surface area contributed by atoms with Crippen LogP contribution in [0.15, 0.2) is 0 Å². The number of piperazine rings is 1. The van der Waals surface area contributed by atoms with Gasteiger partial charge in [0, 0.05) is 37.0 Å². The molecule has 0 aromatic carbocycles. The maximum Gasteiger partial charge on any atom is 0.0224 e. The fraction of sp³-hybridized carbons (Fsp3) is 1.00. The van der Waals surface area contributed by atoms with Crippen LogP contribution in [0.25, 0.3) is 0 Å².